The minimum Gasteiger partial charge on any atom is -0.236 e. The molecule has 0 fully saturated rings. The van der Waals surface area contributed by atoms with Gasteiger partial charge < -0.3 is 0 Å². The van der Waals surface area contributed by atoms with Crippen LogP contribution in [-0.2, 0) is 0 Å². The summed E-state index contributed by atoms with van der Waals surface area (Å²) in [6.45, 7) is 0. The molecule has 0 aliphatic heterocycles. The van der Waals surface area contributed by atoms with E-state index in [4.69, 9.17) is 0 Å². The average molecular weight is 250 g/mol. The van der Waals surface area contributed by atoms with Gasteiger partial charge in [-0.15, -0.1) is 0 Å². The Kier molecular flexibility index (Phi) is 2.80. The molecule has 0 aromatic carbocycles. The summed E-state index contributed by atoms with van der Waals surface area (Å²) in [7, 11) is 0. The summed E-state index contributed by atoms with van der Waals surface area (Å²) >= 11 is 3.32. The van der Waals surface area contributed by atoms with Gasteiger partial charge in [0.15, 0.2) is 5.65 Å². The molecule has 0 N–H and O–H groups in total. The summed E-state index contributed by atoms with van der Waals surface area (Å²) in [5.41, 5.74) is 1.70. The maximum Gasteiger partial charge on any atom is 0.170 e. The van der Waals surface area contributed by atoms with Gasteiger partial charge in [-0.2, -0.15) is 5.10 Å². The monoisotopic (exact) mass is 249 g/mol. The first-order valence-corrected chi connectivity index (χ1v) is 5.37. The van der Waals surface area contributed by atoms with Crippen molar-refractivity contribution in [2.45, 2.75) is 6.42 Å². The third kappa shape index (κ3) is 1.78. The van der Waals surface area contributed by atoms with Crippen LogP contribution in [-0.4, -0.2) is 19.9 Å². The third-order valence-electron chi connectivity index (χ3n) is 1.72. The smallest absolute Gasteiger partial charge is 0.170 e. The van der Waals surface area contributed by atoms with Crippen molar-refractivity contribution in [1.82, 2.24) is 14.6 Å². The van der Waals surface area contributed by atoms with Gasteiger partial charge in [0.1, 0.15) is 0 Å². The molecule has 0 amide bonds. The van der Waals surface area contributed by atoms with Crippen molar-refractivity contribution in [3.8, 4) is 11.8 Å². The molecule has 0 saturated heterocycles. The fourth-order valence-corrected chi connectivity index (χ4v) is 1.32. The lowest BCUT2D eigenvalue weighted by atomic mass is 10.3. The number of nitrogens with zero attached hydrogens (tertiary/aromatic N) is 3. The number of hydrogen-bond donors (Lipinski definition) is 0. The minimum atomic E-state index is 0.814. The van der Waals surface area contributed by atoms with Gasteiger partial charge in [-0.05, 0) is 6.07 Å². The van der Waals surface area contributed by atoms with Crippen LogP contribution in [0.1, 0.15) is 12.0 Å². The van der Waals surface area contributed by atoms with Crippen molar-refractivity contribution in [1.29, 1.82) is 0 Å². The van der Waals surface area contributed by atoms with E-state index in [2.05, 4.69) is 37.9 Å². The van der Waals surface area contributed by atoms with E-state index in [1.54, 1.807) is 16.9 Å². The van der Waals surface area contributed by atoms with Crippen LogP contribution in [0, 0.1) is 11.8 Å². The molecule has 2 rings (SSSR count). The van der Waals surface area contributed by atoms with Gasteiger partial charge in [-0.3, -0.25) is 0 Å². The Balaban J connectivity index is 2.40. The number of hydrogen-bond acceptors (Lipinski definition) is 2. The summed E-state index contributed by atoms with van der Waals surface area (Å²) in [5, 5.41) is 5.03. The lowest BCUT2D eigenvalue weighted by Gasteiger charge is -1.88. The first kappa shape index (κ1) is 9.22. The summed E-state index contributed by atoms with van der Waals surface area (Å²) in [6, 6.07) is 1.84. The van der Waals surface area contributed by atoms with Crippen LogP contribution in [0.5, 0.6) is 0 Å². The second-order valence-corrected chi connectivity index (χ2v) is 3.48. The molecule has 2 heterocycles. The Morgan fingerprint density at radius 3 is 3.29 bits per heavy atom. The highest BCUT2D eigenvalue weighted by Crippen LogP contribution is 2.04. The van der Waals surface area contributed by atoms with Crippen molar-refractivity contribution in [3.05, 3.63) is 30.2 Å². The first-order valence-electron chi connectivity index (χ1n) is 4.25. The first-order chi connectivity index (χ1) is 6.92. The predicted octanol–water partition coefficient (Wildman–Crippen LogP) is 1.87. The highest BCUT2D eigenvalue weighted by atomic mass is 79.9. The van der Waals surface area contributed by atoms with Crippen LogP contribution < -0.4 is 0 Å². The Morgan fingerprint density at radius 1 is 1.50 bits per heavy atom. The molecule has 2 aromatic heterocycles. The van der Waals surface area contributed by atoms with Crippen LogP contribution in [0.2, 0.25) is 0 Å². The zero-order chi connectivity index (χ0) is 9.80. The Morgan fingerprint density at radius 2 is 2.43 bits per heavy atom. The predicted molar refractivity (Wildman–Crippen MR) is 58.3 cm³/mol. The molecular formula is C10H8BrN3. The van der Waals surface area contributed by atoms with Gasteiger partial charge in [0.2, 0.25) is 0 Å². The van der Waals surface area contributed by atoms with Crippen molar-refractivity contribution < 1.29 is 0 Å². The lowest BCUT2D eigenvalue weighted by molar-refractivity contribution is 0.939. The van der Waals surface area contributed by atoms with Crippen LogP contribution in [0.25, 0.3) is 5.65 Å². The van der Waals surface area contributed by atoms with E-state index in [9.17, 15) is 0 Å². The highest BCUT2D eigenvalue weighted by molar-refractivity contribution is 9.09. The van der Waals surface area contributed by atoms with Crippen molar-refractivity contribution in [2.75, 3.05) is 5.33 Å². The van der Waals surface area contributed by atoms with E-state index in [0.29, 0.717) is 0 Å². The van der Waals surface area contributed by atoms with E-state index in [1.807, 2.05) is 12.3 Å². The lowest BCUT2D eigenvalue weighted by Crippen LogP contribution is -1.87. The SMILES string of the molecule is BrCCC#Cc1cnn2cccnc12. The van der Waals surface area contributed by atoms with Crippen LogP contribution in [0.3, 0.4) is 0 Å². The summed E-state index contributed by atoms with van der Waals surface area (Å²) in [4.78, 5) is 4.21. The van der Waals surface area contributed by atoms with E-state index >= 15 is 0 Å². The molecule has 0 spiro atoms. The zero-order valence-electron chi connectivity index (χ0n) is 7.44. The van der Waals surface area contributed by atoms with Gasteiger partial charge in [0, 0.05) is 24.1 Å². The number of halogens is 1. The number of aromatic nitrogens is 3. The zero-order valence-corrected chi connectivity index (χ0v) is 9.03. The van der Waals surface area contributed by atoms with Gasteiger partial charge in [-0.25, -0.2) is 9.50 Å². The van der Waals surface area contributed by atoms with E-state index < -0.39 is 0 Å². The summed E-state index contributed by atoms with van der Waals surface area (Å²) in [5.74, 6) is 6.08. The summed E-state index contributed by atoms with van der Waals surface area (Å²) in [6.07, 6.45) is 6.18. The molecule has 0 saturated carbocycles. The second-order valence-electron chi connectivity index (χ2n) is 2.69. The number of rotatable bonds is 1. The molecule has 0 bridgehead atoms. The fraction of sp³-hybridized carbons (Fsp3) is 0.200. The highest BCUT2D eigenvalue weighted by Gasteiger charge is 1.99. The van der Waals surface area contributed by atoms with E-state index in [1.165, 1.54) is 0 Å². The molecule has 0 aliphatic rings. The molecule has 14 heavy (non-hydrogen) atoms. The van der Waals surface area contributed by atoms with Crippen LogP contribution in [0.4, 0.5) is 0 Å². The Hall–Kier alpha value is -1.34. The Labute approximate surface area is 90.3 Å². The number of fused-ring (bicyclic) bond motifs is 1. The van der Waals surface area contributed by atoms with Gasteiger partial charge in [-0.1, -0.05) is 27.8 Å². The van der Waals surface area contributed by atoms with Crippen molar-refractivity contribution >= 4 is 21.6 Å². The third-order valence-corrected chi connectivity index (χ3v) is 2.12. The van der Waals surface area contributed by atoms with Gasteiger partial charge >= 0.3 is 0 Å². The van der Waals surface area contributed by atoms with Crippen molar-refractivity contribution in [2.24, 2.45) is 0 Å². The van der Waals surface area contributed by atoms with Crippen LogP contribution in [0.15, 0.2) is 24.7 Å². The molecule has 4 heteroatoms. The summed E-state index contributed by atoms with van der Waals surface area (Å²) < 4.78 is 1.72. The van der Waals surface area contributed by atoms with Crippen molar-refractivity contribution in [3.63, 3.8) is 0 Å². The van der Waals surface area contributed by atoms with Gasteiger partial charge in [0.25, 0.3) is 0 Å². The molecule has 70 valence electrons. The standard InChI is InChI=1S/C10H8BrN3/c11-5-2-1-4-9-8-13-14-7-3-6-12-10(9)14/h3,6-8H,2,5H2. The van der Waals surface area contributed by atoms with E-state index in [0.717, 1.165) is 23.0 Å². The molecule has 0 unspecified atom stereocenters. The molecule has 2 aromatic rings. The Bertz CT molecular complexity index is 493. The largest absolute Gasteiger partial charge is 0.236 e. The maximum absolute atomic E-state index is 4.21. The average Bonchev–Trinajstić information content (AvgIpc) is 2.63. The minimum absolute atomic E-state index is 0.814. The van der Waals surface area contributed by atoms with Gasteiger partial charge in [0.05, 0.1) is 11.8 Å². The molecule has 0 atom stereocenters. The molecule has 0 aliphatic carbocycles. The normalized spacial score (nSPS) is 9.79. The van der Waals surface area contributed by atoms with E-state index in [-0.39, 0.29) is 0 Å². The second kappa shape index (κ2) is 4.25. The number of alkyl halides is 1. The topological polar surface area (TPSA) is 30.2 Å². The maximum atomic E-state index is 4.21. The molecule has 0 radical (unpaired) electrons. The molecule has 3 nitrogen and oxygen atoms in total. The van der Waals surface area contributed by atoms with Crippen LogP contribution >= 0.6 is 15.9 Å². The quantitative estimate of drug-likeness (QED) is 0.571. The molecular weight excluding hydrogens is 242 g/mol. The fourth-order valence-electron chi connectivity index (χ4n) is 1.12.